The van der Waals surface area contributed by atoms with Crippen molar-refractivity contribution in [1.82, 2.24) is 24.8 Å². The SMILES string of the molecule is O=C(c1cnn(Cc2ccc(-c3noc(C(F)(F)F)n3)s2)c1)N1CCOCC1. The Morgan fingerprint density at radius 2 is 2.04 bits per heavy atom. The summed E-state index contributed by atoms with van der Waals surface area (Å²) >= 11 is 1.23. The summed E-state index contributed by atoms with van der Waals surface area (Å²) in [4.78, 5) is 18.8. The van der Waals surface area contributed by atoms with E-state index < -0.39 is 12.1 Å². The van der Waals surface area contributed by atoms with E-state index in [9.17, 15) is 18.0 Å². The number of halogens is 3. The van der Waals surface area contributed by atoms with Crippen molar-refractivity contribution in [2.24, 2.45) is 0 Å². The van der Waals surface area contributed by atoms with Gasteiger partial charge in [0.05, 0.1) is 36.4 Å². The maximum atomic E-state index is 12.6. The first-order valence-corrected chi connectivity index (χ1v) is 9.11. The third-order valence-corrected chi connectivity index (χ3v) is 5.11. The molecule has 8 nitrogen and oxygen atoms in total. The van der Waals surface area contributed by atoms with Gasteiger partial charge in [0.2, 0.25) is 5.82 Å². The molecular weight excluding hydrogens is 399 g/mol. The van der Waals surface area contributed by atoms with Gasteiger partial charge in [-0.2, -0.15) is 23.3 Å². The Bertz CT molecular complexity index is 974. The Hall–Kier alpha value is -2.73. The highest BCUT2D eigenvalue weighted by Gasteiger charge is 2.38. The Balaban J connectivity index is 1.44. The number of thiophene rings is 1. The van der Waals surface area contributed by atoms with Crippen LogP contribution in [-0.4, -0.2) is 57.0 Å². The molecule has 4 rings (SSSR count). The van der Waals surface area contributed by atoms with Crippen LogP contribution in [0.5, 0.6) is 0 Å². The topological polar surface area (TPSA) is 86.3 Å². The summed E-state index contributed by atoms with van der Waals surface area (Å²) in [7, 11) is 0. The predicted molar refractivity (Wildman–Crippen MR) is 90.7 cm³/mol. The van der Waals surface area contributed by atoms with Crippen LogP contribution >= 0.6 is 11.3 Å². The number of aromatic nitrogens is 4. The largest absolute Gasteiger partial charge is 0.471 e. The molecule has 3 aromatic rings. The van der Waals surface area contributed by atoms with Gasteiger partial charge in [0, 0.05) is 24.2 Å². The molecule has 1 amide bonds. The number of hydrogen-bond donors (Lipinski definition) is 0. The third-order valence-electron chi connectivity index (χ3n) is 4.05. The third kappa shape index (κ3) is 3.92. The van der Waals surface area contributed by atoms with Gasteiger partial charge in [-0.25, -0.2) is 0 Å². The Labute approximate surface area is 160 Å². The normalized spacial score (nSPS) is 15.2. The van der Waals surface area contributed by atoms with Crippen LogP contribution in [0.1, 0.15) is 21.1 Å². The van der Waals surface area contributed by atoms with Crippen molar-refractivity contribution >= 4 is 17.2 Å². The van der Waals surface area contributed by atoms with Gasteiger partial charge in [0.25, 0.3) is 5.91 Å². The maximum Gasteiger partial charge on any atom is 0.471 e. The lowest BCUT2D eigenvalue weighted by Gasteiger charge is -2.26. The number of amides is 1. The molecule has 0 unspecified atom stereocenters. The fourth-order valence-electron chi connectivity index (χ4n) is 2.69. The van der Waals surface area contributed by atoms with E-state index in [0.717, 1.165) is 4.88 Å². The molecule has 0 spiro atoms. The van der Waals surface area contributed by atoms with Gasteiger partial charge in [0.1, 0.15) is 0 Å². The maximum absolute atomic E-state index is 12.6. The number of hydrogen-bond acceptors (Lipinski definition) is 7. The van der Waals surface area contributed by atoms with Crippen molar-refractivity contribution in [1.29, 1.82) is 0 Å². The second-order valence-corrected chi connectivity index (χ2v) is 7.19. The average molecular weight is 413 g/mol. The second kappa shape index (κ2) is 7.36. The number of rotatable bonds is 4. The molecule has 0 aliphatic carbocycles. The van der Waals surface area contributed by atoms with E-state index in [-0.39, 0.29) is 11.7 Å². The van der Waals surface area contributed by atoms with E-state index in [4.69, 9.17) is 4.74 Å². The zero-order chi connectivity index (χ0) is 19.7. The van der Waals surface area contributed by atoms with Gasteiger partial charge in [-0.1, -0.05) is 5.16 Å². The molecule has 0 atom stereocenters. The van der Waals surface area contributed by atoms with Crippen molar-refractivity contribution in [3.05, 3.63) is 40.9 Å². The number of carbonyl (C=O) groups is 1. The monoisotopic (exact) mass is 413 g/mol. The van der Waals surface area contributed by atoms with E-state index in [1.54, 1.807) is 27.9 Å². The Morgan fingerprint density at radius 3 is 2.75 bits per heavy atom. The quantitative estimate of drug-likeness (QED) is 0.653. The van der Waals surface area contributed by atoms with Crippen molar-refractivity contribution in [3.63, 3.8) is 0 Å². The first-order valence-electron chi connectivity index (χ1n) is 8.29. The summed E-state index contributed by atoms with van der Waals surface area (Å²) in [6, 6.07) is 3.36. The van der Waals surface area contributed by atoms with E-state index >= 15 is 0 Å². The molecule has 0 aromatic carbocycles. The zero-order valence-corrected chi connectivity index (χ0v) is 15.2. The highest BCUT2D eigenvalue weighted by Crippen LogP contribution is 2.31. The van der Waals surface area contributed by atoms with Crippen molar-refractivity contribution in [2.45, 2.75) is 12.7 Å². The molecule has 3 aromatic heterocycles. The van der Waals surface area contributed by atoms with Crippen LogP contribution in [-0.2, 0) is 17.5 Å². The number of ether oxygens (including phenoxy) is 1. The molecule has 148 valence electrons. The number of carbonyl (C=O) groups excluding carboxylic acids is 1. The fraction of sp³-hybridized carbons (Fsp3) is 0.375. The highest BCUT2D eigenvalue weighted by atomic mass is 32.1. The summed E-state index contributed by atoms with van der Waals surface area (Å²) < 4.78 is 48.8. The molecule has 28 heavy (non-hydrogen) atoms. The van der Waals surface area contributed by atoms with Crippen molar-refractivity contribution in [2.75, 3.05) is 26.3 Å². The first kappa shape index (κ1) is 18.6. The summed E-state index contributed by atoms with van der Waals surface area (Å²) in [5.74, 6) is -1.60. The van der Waals surface area contributed by atoms with Crippen LogP contribution in [0.15, 0.2) is 29.0 Å². The number of alkyl halides is 3. The zero-order valence-electron chi connectivity index (χ0n) is 14.3. The van der Waals surface area contributed by atoms with E-state index in [1.165, 1.54) is 17.5 Å². The molecule has 0 bridgehead atoms. The molecule has 1 aliphatic rings. The highest BCUT2D eigenvalue weighted by molar-refractivity contribution is 7.15. The van der Waals surface area contributed by atoms with Crippen molar-refractivity contribution in [3.8, 4) is 10.7 Å². The molecule has 1 saturated heterocycles. The molecule has 0 radical (unpaired) electrons. The smallest absolute Gasteiger partial charge is 0.378 e. The molecule has 12 heteroatoms. The van der Waals surface area contributed by atoms with Gasteiger partial charge < -0.3 is 14.2 Å². The lowest BCUT2D eigenvalue weighted by molar-refractivity contribution is -0.159. The summed E-state index contributed by atoms with van der Waals surface area (Å²) in [5, 5.41) is 7.57. The minimum atomic E-state index is -4.68. The Kier molecular flexibility index (Phi) is 4.89. The lowest BCUT2D eigenvalue weighted by Crippen LogP contribution is -2.40. The van der Waals surface area contributed by atoms with Gasteiger partial charge in [-0.05, 0) is 12.1 Å². The van der Waals surface area contributed by atoms with E-state index in [2.05, 4.69) is 19.8 Å². The molecule has 1 aliphatic heterocycles. The van der Waals surface area contributed by atoms with Crippen LogP contribution in [0.25, 0.3) is 10.7 Å². The Morgan fingerprint density at radius 1 is 1.25 bits per heavy atom. The van der Waals surface area contributed by atoms with Crippen LogP contribution in [0.4, 0.5) is 13.2 Å². The standard InChI is InChI=1S/C16H14F3N5O3S/c17-16(18,19)15-21-13(22-27-15)12-2-1-11(28-12)9-24-8-10(7-20-24)14(25)23-3-5-26-6-4-23/h1-2,7-8H,3-6,9H2. The molecular formula is C16H14F3N5O3S. The lowest BCUT2D eigenvalue weighted by atomic mass is 10.3. The summed E-state index contributed by atoms with van der Waals surface area (Å²) in [6.45, 7) is 2.49. The number of morpholine rings is 1. The summed E-state index contributed by atoms with van der Waals surface area (Å²) in [6.07, 6.45) is -1.53. The summed E-state index contributed by atoms with van der Waals surface area (Å²) in [5.41, 5.74) is 0.478. The molecule has 1 fully saturated rings. The predicted octanol–water partition coefficient (Wildman–Crippen LogP) is 2.53. The average Bonchev–Trinajstić information content (AvgIpc) is 3.42. The van der Waals surface area contributed by atoms with Crippen LogP contribution in [0.3, 0.4) is 0 Å². The van der Waals surface area contributed by atoms with Crippen molar-refractivity contribution < 1.29 is 27.2 Å². The van der Waals surface area contributed by atoms with Crippen LogP contribution < -0.4 is 0 Å². The van der Waals surface area contributed by atoms with E-state index in [0.29, 0.717) is 43.3 Å². The fourth-order valence-corrected chi connectivity index (χ4v) is 3.62. The van der Waals surface area contributed by atoms with Crippen LogP contribution in [0.2, 0.25) is 0 Å². The van der Waals surface area contributed by atoms with Gasteiger partial charge in [0.15, 0.2) is 0 Å². The minimum Gasteiger partial charge on any atom is -0.378 e. The molecule has 4 heterocycles. The minimum absolute atomic E-state index is 0.104. The number of nitrogens with zero attached hydrogens (tertiary/aromatic N) is 5. The molecule has 0 N–H and O–H groups in total. The second-order valence-electron chi connectivity index (χ2n) is 6.02. The van der Waals surface area contributed by atoms with Crippen LogP contribution in [0, 0.1) is 0 Å². The van der Waals surface area contributed by atoms with Gasteiger partial charge in [-0.3, -0.25) is 9.48 Å². The first-order chi connectivity index (χ1) is 13.4. The molecule has 0 saturated carbocycles. The van der Waals surface area contributed by atoms with Gasteiger partial charge in [-0.15, -0.1) is 11.3 Å². The van der Waals surface area contributed by atoms with E-state index in [1.807, 2.05) is 0 Å². The van der Waals surface area contributed by atoms with Gasteiger partial charge >= 0.3 is 12.1 Å².